The molecule has 1 aromatic carbocycles. The molecule has 1 unspecified atom stereocenters. The van der Waals surface area contributed by atoms with Crippen molar-refractivity contribution in [3.63, 3.8) is 0 Å². The van der Waals surface area contributed by atoms with E-state index in [2.05, 4.69) is 41.4 Å². The molecule has 1 atom stereocenters. The Kier molecular flexibility index (Phi) is 5.75. The number of benzene rings is 1. The topological polar surface area (TPSA) is 52.0 Å². The van der Waals surface area contributed by atoms with E-state index in [9.17, 15) is 0 Å². The zero-order valence-electron chi connectivity index (χ0n) is 13.0. The summed E-state index contributed by atoms with van der Waals surface area (Å²) in [7, 11) is 0. The van der Waals surface area contributed by atoms with Gasteiger partial charge in [-0.2, -0.15) is 5.10 Å². The number of hydrogen-bond acceptors (Lipinski definition) is 4. The van der Waals surface area contributed by atoms with Gasteiger partial charge in [-0.25, -0.2) is 9.67 Å². The smallest absolute Gasteiger partial charge is 0.164 e. The minimum Gasteiger partial charge on any atom is -0.486 e. The number of rotatable bonds is 8. The summed E-state index contributed by atoms with van der Waals surface area (Å²) in [5.74, 6) is 1.71. The third kappa shape index (κ3) is 4.04. The summed E-state index contributed by atoms with van der Waals surface area (Å²) in [6.07, 6.45) is 2.64. The minimum atomic E-state index is 0.409. The number of aryl methyl sites for hydroxylation is 1. The molecule has 0 saturated carbocycles. The fourth-order valence-electron chi connectivity index (χ4n) is 2.35. The molecular weight excluding hydrogens is 264 g/mol. The van der Waals surface area contributed by atoms with Gasteiger partial charge in [0.25, 0.3) is 0 Å². The molecule has 0 aliphatic heterocycles. The Morgan fingerprint density at radius 3 is 2.57 bits per heavy atom. The van der Waals surface area contributed by atoms with Crippen LogP contribution < -0.4 is 10.1 Å². The van der Waals surface area contributed by atoms with E-state index < -0.39 is 0 Å². The fourth-order valence-corrected chi connectivity index (χ4v) is 2.35. The van der Waals surface area contributed by atoms with Crippen molar-refractivity contribution in [1.82, 2.24) is 20.1 Å². The summed E-state index contributed by atoms with van der Waals surface area (Å²) in [6, 6.07) is 8.68. The summed E-state index contributed by atoms with van der Waals surface area (Å²) in [4.78, 5) is 4.20. The monoisotopic (exact) mass is 288 g/mol. The summed E-state index contributed by atoms with van der Waals surface area (Å²) in [5, 5.41) is 7.61. The second-order valence-corrected chi connectivity index (χ2v) is 4.87. The van der Waals surface area contributed by atoms with Crippen LogP contribution in [0, 0.1) is 0 Å². The van der Waals surface area contributed by atoms with Gasteiger partial charge in [0.05, 0.1) is 0 Å². The second-order valence-electron chi connectivity index (χ2n) is 4.87. The van der Waals surface area contributed by atoms with Gasteiger partial charge in [-0.15, -0.1) is 0 Å². The molecular formula is C16H24N4O. The first-order valence-electron chi connectivity index (χ1n) is 7.61. The first-order chi connectivity index (χ1) is 10.3. The van der Waals surface area contributed by atoms with Gasteiger partial charge in [-0.3, -0.25) is 0 Å². The van der Waals surface area contributed by atoms with Gasteiger partial charge in [0.15, 0.2) is 5.82 Å². The maximum atomic E-state index is 5.78. The molecule has 2 aromatic rings. The number of ether oxygens (including phenoxy) is 1. The van der Waals surface area contributed by atoms with Gasteiger partial charge >= 0.3 is 0 Å². The van der Waals surface area contributed by atoms with Crippen LogP contribution in [-0.4, -0.2) is 21.3 Å². The standard InChI is InChI=1S/C16H24N4O/c1-4-15(17-5-2)13-7-9-14(10-8-13)21-11-16-18-12-19-20(16)6-3/h7-10,12,15,17H,4-6,11H2,1-3H3. The van der Waals surface area contributed by atoms with Crippen molar-refractivity contribution in [2.45, 2.75) is 46.4 Å². The maximum Gasteiger partial charge on any atom is 0.164 e. The molecule has 114 valence electrons. The molecule has 5 heteroatoms. The minimum absolute atomic E-state index is 0.409. The van der Waals surface area contributed by atoms with Crippen molar-refractivity contribution in [1.29, 1.82) is 0 Å². The average Bonchev–Trinajstić information content (AvgIpc) is 2.99. The van der Waals surface area contributed by atoms with Gasteiger partial charge in [0.1, 0.15) is 18.7 Å². The van der Waals surface area contributed by atoms with E-state index in [-0.39, 0.29) is 0 Å². The largest absolute Gasteiger partial charge is 0.486 e. The molecule has 1 heterocycles. The average molecular weight is 288 g/mol. The highest BCUT2D eigenvalue weighted by atomic mass is 16.5. The summed E-state index contributed by atoms with van der Waals surface area (Å²) >= 11 is 0. The zero-order chi connectivity index (χ0) is 15.1. The normalized spacial score (nSPS) is 12.3. The van der Waals surface area contributed by atoms with E-state index in [1.165, 1.54) is 5.56 Å². The van der Waals surface area contributed by atoms with Crippen LogP contribution in [-0.2, 0) is 13.2 Å². The van der Waals surface area contributed by atoms with E-state index in [4.69, 9.17) is 4.74 Å². The zero-order valence-corrected chi connectivity index (χ0v) is 13.0. The van der Waals surface area contributed by atoms with Gasteiger partial charge in [0, 0.05) is 12.6 Å². The molecule has 0 radical (unpaired) electrons. The van der Waals surface area contributed by atoms with Crippen molar-refractivity contribution in [3.8, 4) is 5.75 Å². The van der Waals surface area contributed by atoms with Crippen LogP contribution in [0.5, 0.6) is 5.75 Å². The molecule has 21 heavy (non-hydrogen) atoms. The van der Waals surface area contributed by atoms with Crippen LogP contribution in [0.15, 0.2) is 30.6 Å². The van der Waals surface area contributed by atoms with Crippen molar-refractivity contribution >= 4 is 0 Å². The Balaban J connectivity index is 1.96. The third-order valence-electron chi connectivity index (χ3n) is 3.50. The Morgan fingerprint density at radius 1 is 1.19 bits per heavy atom. The van der Waals surface area contributed by atoms with E-state index in [1.807, 2.05) is 23.7 Å². The number of nitrogens with one attached hydrogen (secondary N) is 1. The lowest BCUT2D eigenvalue weighted by Crippen LogP contribution is -2.19. The third-order valence-corrected chi connectivity index (χ3v) is 3.50. The number of aromatic nitrogens is 3. The number of hydrogen-bond donors (Lipinski definition) is 1. The van der Waals surface area contributed by atoms with Gasteiger partial charge in [0.2, 0.25) is 0 Å². The first-order valence-corrected chi connectivity index (χ1v) is 7.61. The van der Waals surface area contributed by atoms with Gasteiger partial charge < -0.3 is 10.1 Å². The molecule has 0 spiro atoms. The van der Waals surface area contributed by atoms with E-state index >= 15 is 0 Å². The summed E-state index contributed by atoms with van der Waals surface area (Å²) < 4.78 is 7.62. The molecule has 0 aliphatic carbocycles. The number of nitrogens with zero attached hydrogens (tertiary/aromatic N) is 3. The van der Waals surface area contributed by atoms with Gasteiger partial charge in [-0.05, 0) is 37.6 Å². The van der Waals surface area contributed by atoms with Crippen LogP contribution >= 0.6 is 0 Å². The Morgan fingerprint density at radius 2 is 1.95 bits per heavy atom. The Hall–Kier alpha value is -1.88. The predicted molar refractivity (Wildman–Crippen MR) is 83.2 cm³/mol. The lowest BCUT2D eigenvalue weighted by Gasteiger charge is -2.16. The summed E-state index contributed by atoms with van der Waals surface area (Å²) in [6.45, 7) is 8.58. The van der Waals surface area contributed by atoms with Gasteiger partial charge in [-0.1, -0.05) is 26.0 Å². The summed E-state index contributed by atoms with van der Waals surface area (Å²) in [5.41, 5.74) is 1.29. The van der Waals surface area contributed by atoms with E-state index in [1.54, 1.807) is 6.33 Å². The van der Waals surface area contributed by atoms with Crippen molar-refractivity contribution in [2.24, 2.45) is 0 Å². The van der Waals surface area contributed by atoms with Crippen LogP contribution in [0.1, 0.15) is 44.6 Å². The molecule has 5 nitrogen and oxygen atoms in total. The molecule has 0 saturated heterocycles. The first kappa shape index (κ1) is 15.5. The lowest BCUT2D eigenvalue weighted by atomic mass is 10.0. The van der Waals surface area contributed by atoms with Crippen LogP contribution in [0.3, 0.4) is 0 Å². The fraction of sp³-hybridized carbons (Fsp3) is 0.500. The molecule has 2 rings (SSSR count). The molecule has 0 aliphatic rings. The highest BCUT2D eigenvalue weighted by Crippen LogP contribution is 2.20. The highest BCUT2D eigenvalue weighted by molar-refractivity contribution is 5.29. The second kappa shape index (κ2) is 7.78. The van der Waals surface area contributed by atoms with Crippen LogP contribution in [0.2, 0.25) is 0 Å². The van der Waals surface area contributed by atoms with Crippen LogP contribution in [0.4, 0.5) is 0 Å². The predicted octanol–water partition coefficient (Wildman–Crippen LogP) is 2.94. The molecule has 1 N–H and O–H groups in total. The van der Waals surface area contributed by atoms with Crippen molar-refractivity contribution < 1.29 is 4.74 Å². The molecule has 1 aromatic heterocycles. The Labute approximate surface area is 126 Å². The quantitative estimate of drug-likeness (QED) is 0.811. The SMILES string of the molecule is CCNC(CC)c1ccc(OCc2ncnn2CC)cc1. The van der Waals surface area contributed by atoms with Crippen molar-refractivity contribution in [3.05, 3.63) is 42.0 Å². The highest BCUT2D eigenvalue weighted by Gasteiger charge is 2.08. The van der Waals surface area contributed by atoms with E-state index in [0.717, 1.165) is 31.1 Å². The van der Waals surface area contributed by atoms with E-state index in [0.29, 0.717) is 12.6 Å². The lowest BCUT2D eigenvalue weighted by molar-refractivity contribution is 0.287. The van der Waals surface area contributed by atoms with Crippen LogP contribution in [0.25, 0.3) is 0 Å². The molecule has 0 bridgehead atoms. The maximum absolute atomic E-state index is 5.78. The van der Waals surface area contributed by atoms with Crippen molar-refractivity contribution in [2.75, 3.05) is 6.54 Å². The molecule has 0 fully saturated rings. The Bertz CT molecular complexity index is 535. The molecule has 0 amide bonds.